The van der Waals surface area contributed by atoms with Crippen LogP contribution in [0, 0.1) is 0 Å². The molecule has 0 fully saturated rings. The third kappa shape index (κ3) is 4.38. The highest BCUT2D eigenvalue weighted by molar-refractivity contribution is 8.01. The van der Waals surface area contributed by atoms with Gasteiger partial charge in [-0.3, -0.25) is 0 Å². The number of rotatable bonds is 5. The third-order valence-electron chi connectivity index (χ3n) is 1.87. The van der Waals surface area contributed by atoms with Crippen LogP contribution >= 0.6 is 11.8 Å². The van der Waals surface area contributed by atoms with E-state index in [1.807, 2.05) is 6.07 Å². The molecule has 0 spiro atoms. The molecule has 0 atom stereocenters. The SMILES string of the molecule is CCC/C(N)=C/SCc1ccccc1. The van der Waals surface area contributed by atoms with E-state index in [1.165, 1.54) is 5.56 Å². The Morgan fingerprint density at radius 2 is 2.07 bits per heavy atom. The highest BCUT2D eigenvalue weighted by atomic mass is 32.2. The van der Waals surface area contributed by atoms with Gasteiger partial charge < -0.3 is 5.73 Å². The van der Waals surface area contributed by atoms with E-state index >= 15 is 0 Å². The van der Waals surface area contributed by atoms with Crippen molar-refractivity contribution in [1.29, 1.82) is 0 Å². The summed E-state index contributed by atoms with van der Waals surface area (Å²) in [7, 11) is 0. The highest BCUT2D eigenvalue weighted by Gasteiger charge is 1.91. The molecule has 0 bridgehead atoms. The van der Waals surface area contributed by atoms with Crippen LogP contribution in [-0.2, 0) is 5.75 Å². The average Bonchev–Trinajstić information content (AvgIpc) is 2.20. The number of allylic oxidation sites excluding steroid dienone is 1. The molecule has 0 saturated carbocycles. The second-order valence-corrected chi connectivity index (χ2v) is 4.10. The van der Waals surface area contributed by atoms with Crippen molar-refractivity contribution in [2.75, 3.05) is 0 Å². The number of benzene rings is 1. The molecule has 0 saturated heterocycles. The highest BCUT2D eigenvalue weighted by Crippen LogP contribution is 2.14. The van der Waals surface area contributed by atoms with Gasteiger partial charge in [-0.05, 0) is 17.4 Å². The van der Waals surface area contributed by atoms with Gasteiger partial charge in [0.25, 0.3) is 0 Å². The molecular formula is C12H17NS. The molecule has 14 heavy (non-hydrogen) atoms. The van der Waals surface area contributed by atoms with E-state index < -0.39 is 0 Å². The molecular weight excluding hydrogens is 190 g/mol. The Morgan fingerprint density at radius 3 is 2.71 bits per heavy atom. The van der Waals surface area contributed by atoms with Gasteiger partial charge in [0.2, 0.25) is 0 Å². The minimum atomic E-state index is 0.994. The Balaban J connectivity index is 2.31. The molecule has 0 amide bonds. The Kier molecular flexibility index (Phi) is 5.23. The molecule has 0 aliphatic rings. The summed E-state index contributed by atoms with van der Waals surface area (Å²) in [6.45, 7) is 2.14. The average molecular weight is 207 g/mol. The Labute approximate surface area is 90.4 Å². The Morgan fingerprint density at radius 1 is 1.36 bits per heavy atom. The van der Waals surface area contributed by atoms with Gasteiger partial charge in [-0.2, -0.15) is 0 Å². The maximum Gasteiger partial charge on any atom is 0.0226 e. The first-order chi connectivity index (χ1) is 6.83. The Bertz CT molecular complexity index is 280. The summed E-state index contributed by atoms with van der Waals surface area (Å²) in [6, 6.07) is 10.4. The molecule has 0 heterocycles. The monoisotopic (exact) mass is 207 g/mol. The van der Waals surface area contributed by atoms with E-state index in [0.29, 0.717) is 0 Å². The third-order valence-corrected chi connectivity index (χ3v) is 2.84. The van der Waals surface area contributed by atoms with E-state index in [9.17, 15) is 0 Å². The lowest BCUT2D eigenvalue weighted by Gasteiger charge is -1.99. The van der Waals surface area contributed by atoms with Crippen molar-refractivity contribution in [2.45, 2.75) is 25.5 Å². The van der Waals surface area contributed by atoms with Crippen LogP contribution in [-0.4, -0.2) is 0 Å². The van der Waals surface area contributed by atoms with E-state index in [4.69, 9.17) is 5.73 Å². The van der Waals surface area contributed by atoms with E-state index in [2.05, 4.69) is 36.6 Å². The molecule has 1 nitrogen and oxygen atoms in total. The summed E-state index contributed by atoms with van der Waals surface area (Å²) in [4.78, 5) is 0. The molecule has 0 aromatic heterocycles. The first-order valence-corrected chi connectivity index (χ1v) is 5.98. The van der Waals surface area contributed by atoms with Crippen molar-refractivity contribution >= 4 is 11.8 Å². The van der Waals surface area contributed by atoms with Crippen LogP contribution in [0.15, 0.2) is 41.4 Å². The largest absolute Gasteiger partial charge is 0.402 e. The molecule has 0 aliphatic carbocycles. The van der Waals surface area contributed by atoms with Gasteiger partial charge in [0.15, 0.2) is 0 Å². The van der Waals surface area contributed by atoms with Crippen LogP contribution in [0.4, 0.5) is 0 Å². The summed E-state index contributed by atoms with van der Waals surface area (Å²) in [5.74, 6) is 1.01. The topological polar surface area (TPSA) is 26.0 Å². The van der Waals surface area contributed by atoms with Crippen LogP contribution in [0.3, 0.4) is 0 Å². The van der Waals surface area contributed by atoms with Crippen LogP contribution in [0.25, 0.3) is 0 Å². The van der Waals surface area contributed by atoms with Gasteiger partial charge in [-0.1, -0.05) is 43.7 Å². The second kappa shape index (κ2) is 6.55. The lowest BCUT2D eigenvalue weighted by molar-refractivity contribution is 0.896. The molecule has 1 rings (SSSR count). The zero-order valence-corrected chi connectivity index (χ0v) is 9.39. The first kappa shape index (κ1) is 11.2. The lowest BCUT2D eigenvalue weighted by Crippen LogP contribution is -1.94. The summed E-state index contributed by atoms with van der Waals surface area (Å²) in [6.07, 6.45) is 2.12. The van der Waals surface area contributed by atoms with E-state index in [0.717, 1.165) is 24.3 Å². The zero-order valence-electron chi connectivity index (χ0n) is 8.57. The van der Waals surface area contributed by atoms with Gasteiger partial charge in [0.1, 0.15) is 0 Å². The summed E-state index contributed by atoms with van der Waals surface area (Å²) in [5, 5.41) is 2.07. The van der Waals surface area contributed by atoms with Crippen molar-refractivity contribution in [3.8, 4) is 0 Å². The predicted octanol–water partition coefficient (Wildman–Crippen LogP) is 3.52. The smallest absolute Gasteiger partial charge is 0.0226 e. The maximum absolute atomic E-state index is 5.79. The fourth-order valence-electron chi connectivity index (χ4n) is 1.17. The fraction of sp³-hybridized carbons (Fsp3) is 0.333. The minimum absolute atomic E-state index is 0.994. The maximum atomic E-state index is 5.79. The predicted molar refractivity (Wildman–Crippen MR) is 64.9 cm³/mol. The molecule has 1 aromatic carbocycles. The van der Waals surface area contributed by atoms with Crippen molar-refractivity contribution in [3.05, 3.63) is 47.0 Å². The van der Waals surface area contributed by atoms with E-state index in [1.54, 1.807) is 11.8 Å². The molecule has 2 N–H and O–H groups in total. The van der Waals surface area contributed by atoms with Crippen LogP contribution in [0.2, 0.25) is 0 Å². The van der Waals surface area contributed by atoms with Crippen LogP contribution in [0.1, 0.15) is 25.3 Å². The van der Waals surface area contributed by atoms with Crippen molar-refractivity contribution < 1.29 is 0 Å². The summed E-state index contributed by atoms with van der Waals surface area (Å²) in [5.41, 5.74) is 8.13. The zero-order chi connectivity index (χ0) is 10.2. The van der Waals surface area contributed by atoms with Crippen molar-refractivity contribution in [3.63, 3.8) is 0 Å². The van der Waals surface area contributed by atoms with E-state index in [-0.39, 0.29) is 0 Å². The molecule has 1 aromatic rings. The second-order valence-electron chi connectivity index (χ2n) is 3.24. The quantitative estimate of drug-likeness (QED) is 0.799. The van der Waals surface area contributed by atoms with Crippen molar-refractivity contribution in [2.24, 2.45) is 5.73 Å². The normalized spacial score (nSPS) is 11.6. The molecule has 2 heteroatoms. The first-order valence-electron chi connectivity index (χ1n) is 4.93. The fourth-order valence-corrected chi connectivity index (χ4v) is 1.97. The lowest BCUT2D eigenvalue weighted by atomic mass is 10.2. The van der Waals surface area contributed by atoms with Crippen LogP contribution in [0.5, 0.6) is 0 Å². The van der Waals surface area contributed by atoms with Crippen molar-refractivity contribution in [1.82, 2.24) is 0 Å². The van der Waals surface area contributed by atoms with Crippen LogP contribution < -0.4 is 5.73 Å². The number of hydrogen-bond acceptors (Lipinski definition) is 2. The van der Waals surface area contributed by atoms with Gasteiger partial charge in [-0.15, -0.1) is 11.8 Å². The summed E-state index contributed by atoms with van der Waals surface area (Å²) >= 11 is 1.77. The van der Waals surface area contributed by atoms with Gasteiger partial charge in [0.05, 0.1) is 0 Å². The minimum Gasteiger partial charge on any atom is -0.402 e. The number of hydrogen-bond donors (Lipinski definition) is 1. The molecule has 0 aliphatic heterocycles. The molecule has 0 radical (unpaired) electrons. The molecule has 0 unspecified atom stereocenters. The number of nitrogens with two attached hydrogens (primary N) is 1. The summed E-state index contributed by atoms with van der Waals surface area (Å²) < 4.78 is 0. The number of thioether (sulfide) groups is 1. The molecule has 76 valence electrons. The van der Waals surface area contributed by atoms with Gasteiger partial charge >= 0.3 is 0 Å². The standard InChI is InChI=1S/C12H17NS/c1-2-6-12(13)10-14-9-11-7-4-3-5-8-11/h3-5,7-8,10H,2,6,9,13H2,1H3/b12-10-. The van der Waals surface area contributed by atoms with Gasteiger partial charge in [0, 0.05) is 11.4 Å². The van der Waals surface area contributed by atoms with Gasteiger partial charge in [-0.25, -0.2) is 0 Å². The Hall–Kier alpha value is -0.890.